The Bertz CT molecular complexity index is 804. The first kappa shape index (κ1) is 20.0. The molecule has 1 saturated heterocycles. The monoisotopic (exact) mass is 384 g/mol. The summed E-state index contributed by atoms with van der Waals surface area (Å²) in [5.74, 6) is 0.752. The van der Waals surface area contributed by atoms with E-state index in [1.807, 2.05) is 22.8 Å². The highest BCUT2D eigenvalue weighted by Crippen LogP contribution is 2.21. The smallest absolute Gasteiger partial charge is 0.227 e. The molecule has 8 nitrogen and oxygen atoms in total. The van der Waals surface area contributed by atoms with E-state index in [9.17, 15) is 9.59 Å². The van der Waals surface area contributed by atoms with Crippen LogP contribution in [0.1, 0.15) is 44.2 Å². The average molecular weight is 384 g/mol. The minimum absolute atomic E-state index is 0.0497. The van der Waals surface area contributed by atoms with Gasteiger partial charge in [0.1, 0.15) is 6.33 Å². The first-order valence-corrected chi connectivity index (χ1v) is 9.76. The van der Waals surface area contributed by atoms with Gasteiger partial charge in [-0.2, -0.15) is 0 Å². The zero-order valence-electron chi connectivity index (χ0n) is 16.8. The van der Waals surface area contributed by atoms with Crippen LogP contribution >= 0.6 is 0 Å². The van der Waals surface area contributed by atoms with E-state index in [2.05, 4.69) is 29.0 Å². The van der Waals surface area contributed by atoms with Crippen LogP contribution in [-0.2, 0) is 22.6 Å². The minimum Gasteiger partial charge on any atom is -0.342 e. The predicted octanol–water partition coefficient (Wildman–Crippen LogP) is 1.69. The third-order valence-corrected chi connectivity index (χ3v) is 5.17. The van der Waals surface area contributed by atoms with Gasteiger partial charge in [0, 0.05) is 50.9 Å². The van der Waals surface area contributed by atoms with Crippen molar-refractivity contribution < 1.29 is 9.59 Å². The molecule has 28 heavy (non-hydrogen) atoms. The molecule has 0 aliphatic carbocycles. The number of aromatic nitrogens is 4. The number of amides is 2. The first-order valence-electron chi connectivity index (χ1n) is 9.76. The van der Waals surface area contributed by atoms with Crippen LogP contribution in [-0.4, -0.2) is 61.5 Å². The van der Waals surface area contributed by atoms with Gasteiger partial charge in [-0.05, 0) is 32.4 Å². The fraction of sp³-hybridized carbons (Fsp3) is 0.550. The number of carbonyl (C=O) groups is 2. The van der Waals surface area contributed by atoms with Crippen molar-refractivity contribution in [2.45, 2.75) is 45.7 Å². The molecule has 3 heterocycles. The summed E-state index contributed by atoms with van der Waals surface area (Å²) >= 11 is 0. The molecule has 0 unspecified atom stereocenters. The minimum atomic E-state index is -0.179. The molecule has 1 atom stereocenters. The lowest BCUT2D eigenvalue weighted by molar-refractivity contribution is -0.142. The molecule has 2 aromatic rings. The summed E-state index contributed by atoms with van der Waals surface area (Å²) in [5.41, 5.74) is 0.953. The normalized spacial score (nSPS) is 17.2. The second kappa shape index (κ2) is 8.95. The Labute approximate surface area is 165 Å². The van der Waals surface area contributed by atoms with Crippen molar-refractivity contribution in [3.8, 4) is 0 Å². The Morgan fingerprint density at radius 3 is 2.89 bits per heavy atom. The van der Waals surface area contributed by atoms with Crippen LogP contribution in [0.3, 0.4) is 0 Å². The van der Waals surface area contributed by atoms with Crippen molar-refractivity contribution in [2.75, 3.05) is 20.1 Å². The van der Waals surface area contributed by atoms with E-state index in [0.717, 1.165) is 11.5 Å². The number of pyridine rings is 1. The molecule has 0 saturated carbocycles. The van der Waals surface area contributed by atoms with Crippen molar-refractivity contribution in [3.05, 3.63) is 42.2 Å². The molecule has 1 aliphatic heterocycles. The highest BCUT2D eigenvalue weighted by atomic mass is 16.2. The lowest BCUT2D eigenvalue weighted by Gasteiger charge is -2.33. The molecule has 0 bridgehead atoms. The van der Waals surface area contributed by atoms with E-state index in [4.69, 9.17) is 0 Å². The number of rotatable bonds is 7. The van der Waals surface area contributed by atoms with Crippen LogP contribution in [0.15, 0.2) is 30.7 Å². The Morgan fingerprint density at radius 1 is 1.36 bits per heavy atom. The van der Waals surface area contributed by atoms with Gasteiger partial charge in [0.2, 0.25) is 11.8 Å². The van der Waals surface area contributed by atoms with Crippen molar-refractivity contribution in [3.63, 3.8) is 0 Å². The van der Waals surface area contributed by atoms with Gasteiger partial charge in [0.25, 0.3) is 0 Å². The number of carbonyl (C=O) groups excluding carboxylic acids is 2. The van der Waals surface area contributed by atoms with Crippen molar-refractivity contribution in [1.82, 2.24) is 29.5 Å². The molecular formula is C20H28N6O2. The molecule has 0 N–H and O–H groups in total. The van der Waals surface area contributed by atoms with Gasteiger partial charge in [-0.25, -0.2) is 0 Å². The van der Waals surface area contributed by atoms with E-state index in [1.54, 1.807) is 29.4 Å². The Balaban J connectivity index is 1.58. The zero-order chi connectivity index (χ0) is 20.1. The summed E-state index contributed by atoms with van der Waals surface area (Å²) < 4.78 is 1.97. The van der Waals surface area contributed by atoms with Crippen LogP contribution in [0.4, 0.5) is 0 Å². The largest absolute Gasteiger partial charge is 0.342 e. The quantitative estimate of drug-likeness (QED) is 0.725. The summed E-state index contributed by atoms with van der Waals surface area (Å²) in [5, 5.41) is 8.10. The molecule has 2 aromatic heterocycles. The molecule has 8 heteroatoms. The van der Waals surface area contributed by atoms with E-state index in [0.29, 0.717) is 38.9 Å². The van der Waals surface area contributed by atoms with E-state index in [-0.39, 0.29) is 23.8 Å². The van der Waals surface area contributed by atoms with E-state index < -0.39 is 0 Å². The Hall–Kier alpha value is -2.77. The maximum atomic E-state index is 13.0. The third-order valence-electron chi connectivity index (χ3n) is 5.17. The Kier molecular flexibility index (Phi) is 6.38. The maximum Gasteiger partial charge on any atom is 0.227 e. The van der Waals surface area contributed by atoms with Gasteiger partial charge in [-0.1, -0.05) is 6.07 Å². The van der Waals surface area contributed by atoms with Crippen molar-refractivity contribution >= 4 is 11.8 Å². The molecule has 0 aromatic carbocycles. The molecule has 2 amide bonds. The molecule has 1 aliphatic rings. The number of nitrogens with zero attached hydrogens (tertiary/aromatic N) is 6. The average Bonchev–Trinajstić information content (AvgIpc) is 3.16. The van der Waals surface area contributed by atoms with Gasteiger partial charge in [-0.3, -0.25) is 14.6 Å². The lowest BCUT2D eigenvalue weighted by Crippen LogP contribution is -2.46. The summed E-state index contributed by atoms with van der Waals surface area (Å²) in [6.45, 7) is 5.58. The SMILES string of the molecule is CC(C)n1cnnc1CN(C)C(=O)[C@@H]1CCC(=O)N(CCc2ccccn2)C1. The summed E-state index contributed by atoms with van der Waals surface area (Å²) in [7, 11) is 1.79. The zero-order valence-corrected chi connectivity index (χ0v) is 16.8. The molecule has 150 valence electrons. The fourth-order valence-electron chi connectivity index (χ4n) is 3.54. The van der Waals surface area contributed by atoms with Crippen LogP contribution in [0, 0.1) is 5.92 Å². The van der Waals surface area contributed by atoms with Crippen LogP contribution in [0.5, 0.6) is 0 Å². The molecule has 0 radical (unpaired) electrons. The number of hydrogen-bond donors (Lipinski definition) is 0. The van der Waals surface area contributed by atoms with Gasteiger partial charge in [0.05, 0.1) is 12.5 Å². The van der Waals surface area contributed by atoms with E-state index >= 15 is 0 Å². The second-order valence-electron chi connectivity index (χ2n) is 7.59. The maximum absolute atomic E-state index is 13.0. The molecule has 0 spiro atoms. The van der Waals surface area contributed by atoms with Crippen molar-refractivity contribution in [1.29, 1.82) is 0 Å². The van der Waals surface area contributed by atoms with E-state index in [1.165, 1.54) is 0 Å². The molecule has 3 rings (SSSR count). The topological polar surface area (TPSA) is 84.2 Å². The summed E-state index contributed by atoms with van der Waals surface area (Å²) in [6.07, 6.45) is 5.15. The predicted molar refractivity (Wildman–Crippen MR) is 104 cm³/mol. The van der Waals surface area contributed by atoms with Gasteiger partial charge in [-0.15, -0.1) is 10.2 Å². The molecular weight excluding hydrogens is 356 g/mol. The van der Waals surface area contributed by atoms with Gasteiger partial charge < -0.3 is 14.4 Å². The first-order chi connectivity index (χ1) is 13.5. The number of likely N-dealkylation sites (tertiary alicyclic amines) is 1. The standard InChI is InChI=1S/C20H28N6O2/c1-15(2)26-14-22-23-18(26)13-24(3)20(28)16-7-8-19(27)25(12-16)11-9-17-6-4-5-10-21-17/h4-6,10,14-16H,7-9,11-13H2,1-3H3/t16-/m1/s1. The lowest BCUT2D eigenvalue weighted by atomic mass is 9.95. The van der Waals surface area contributed by atoms with Crippen molar-refractivity contribution in [2.24, 2.45) is 5.92 Å². The van der Waals surface area contributed by atoms with Gasteiger partial charge >= 0.3 is 0 Å². The third kappa shape index (κ3) is 4.74. The summed E-state index contributed by atoms with van der Waals surface area (Å²) in [6, 6.07) is 6.01. The second-order valence-corrected chi connectivity index (χ2v) is 7.59. The van der Waals surface area contributed by atoms with Crippen LogP contribution < -0.4 is 0 Å². The van der Waals surface area contributed by atoms with Crippen LogP contribution in [0.2, 0.25) is 0 Å². The molecule has 1 fully saturated rings. The number of hydrogen-bond acceptors (Lipinski definition) is 5. The highest BCUT2D eigenvalue weighted by molar-refractivity contribution is 5.83. The Morgan fingerprint density at radius 2 is 2.18 bits per heavy atom. The fourth-order valence-corrected chi connectivity index (χ4v) is 3.54. The number of piperidine rings is 1. The van der Waals surface area contributed by atoms with Crippen LogP contribution in [0.25, 0.3) is 0 Å². The summed E-state index contributed by atoms with van der Waals surface area (Å²) in [4.78, 5) is 33.0. The highest BCUT2D eigenvalue weighted by Gasteiger charge is 2.32. The van der Waals surface area contributed by atoms with Gasteiger partial charge in [0.15, 0.2) is 5.82 Å².